The molecule has 0 aliphatic heterocycles. The fourth-order valence-corrected chi connectivity index (χ4v) is 3.88. The number of hydrogen-bond donors (Lipinski definition) is 2. The van der Waals surface area contributed by atoms with E-state index in [1.165, 1.54) is 0 Å². The van der Waals surface area contributed by atoms with Crippen molar-refractivity contribution < 1.29 is 0 Å². The summed E-state index contributed by atoms with van der Waals surface area (Å²) in [5.74, 6) is 0.609. The summed E-state index contributed by atoms with van der Waals surface area (Å²) in [6.45, 7) is 1.19. The first-order chi connectivity index (χ1) is 15.0. The summed E-state index contributed by atoms with van der Waals surface area (Å²) in [6, 6.07) is 15.4. The zero-order chi connectivity index (χ0) is 21.8. The van der Waals surface area contributed by atoms with Gasteiger partial charge in [-0.05, 0) is 57.5 Å². The van der Waals surface area contributed by atoms with E-state index in [-0.39, 0.29) is 0 Å². The molecule has 0 fully saturated rings. The van der Waals surface area contributed by atoms with Crippen LogP contribution >= 0.6 is 51.3 Å². The average molecular weight is 536 g/mol. The number of aromatic nitrogens is 4. The van der Waals surface area contributed by atoms with Crippen molar-refractivity contribution in [2.24, 2.45) is 0 Å². The van der Waals surface area contributed by atoms with Crippen molar-refractivity contribution in [3.8, 4) is 0 Å². The van der Waals surface area contributed by atoms with E-state index in [4.69, 9.17) is 35.4 Å². The zero-order valence-corrected chi connectivity index (χ0v) is 20.0. The Kier molecular flexibility index (Phi) is 6.92. The van der Waals surface area contributed by atoms with Crippen LogP contribution in [-0.2, 0) is 13.1 Å². The topological polar surface area (TPSA) is 59.7 Å². The Hall–Kier alpha value is -2.39. The highest BCUT2D eigenvalue weighted by atomic mass is 79.9. The van der Waals surface area contributed by atoms with Crippen molar-refractivity contribution in [3.63, 3.8) is 0 Å². The molecular formula is C21H17BrCl2N6S. The Balaban J connectivity index is 1.36. The van der Waals surface area contributed by atoms with Crippen LogP contribution in [0.3, 0.4) is 0 Å². The van der Waals surface area contributed by atoms with E-state index in [1.807, 2.05) is 65.6 Å². The second kappa shape index (κ2) is 9.82. The highest BCUT2D eigenvalue weighted by Gasteiger charge is 2.10. The van der Waals surface area contributed by atoms with Gasteiger partial charge in [-0.2, -0.15) is 10.2 Å². The van der Waals surface area contributed by atoms with Gasteiger partial charge in [0.15, 0.2) is 10.9 Å². The molecule has 4 rings (SSSR count). The monoisotopic (exact) mass is 534 g/mol. The summed E-state index contributed by atoms with van der Waals surface area (Å²) in [6.07, 6.45) is 5.47. The van der Waals surface area contributed by atoms with Crippen molar-refractivity contribution in [3.05, 3.63) is 92.8 Å². The number of benzene rings is 2. The van der Waals surface area contributed by atoms with Gasteiger partial charge in [-0.15, -0.1) is 0 Å². The smallest absolute Gasteiger partial charge is 0.176 e. The summed E-state index contributed by atoms with van der Waals surface area (Å²) in [7, 11) is 0. The Morgan fingerprint density at radius 3 is 2.52 bits per heavy atom. The third-order valence-corrected chi connectivity index (χ3v) is 5.79. The Morgan fingerprint density at radius 1 is 0.968 bits per heavy atom. The van der Waals surface area contributed by atoms with Gasteiger partial charge in [-0.25, -0.2) is 0 Å². The first-order valence-electron chi connectivity index (χ1n) is 9.27. The predicted octanol–water partition coefficient (Wildman–Crippen LogP) is 6.05. The van der Waals surface area contributed by atoms with Gasteiger partial charge in [-0.1, -0.05) is 53.5 Å². The van der Waals surface area contributed by atoms with Gasteiger partial charge >= 0.3 is 0 Å². The standard InChI is InChI=1S/C21H17BrCl2N6S/c22-18-13-30(11-15-3-1-2-4-19(15)24)28-20(18)27-21(31)26-17-9-25-29(12-17)10-14-5-7-16(23)8-6-14/h1-9,12-13H,10-11H2,(H2,26,27,28,31). The number of rotatable bonds is 6. The van der Waals surface area contributed by atoms with Crippen LogP contribution in [0.4, 0.5) is 11.5 Å². The van der Waals surface area contributed by atoms with Crippen LogP contribution in [0.5, 0.6) is 0 Å². The molecule has 6 nitrogen and oxygen atoms in total. The summed E-state index contributed by atoms with van der Waals surface area (Å²) < 4.78 is 4.41. The average Bonchev–Trinajstić information content (AvgIpc) is 3.31. The third kappa shape index (κ3) is 5.86. The maximum atomic E-state index is 6.24. The van der Waals surface area contributed by atoms with E-state index in [9.17, 15) is 0 Å². The fourth-order valence-electron chi connectivity index (χ4n) is 2.93. The molecule has 0 radical (unpaired) electrons. The molecule has 0 amide bonds. The van der Waals surface area contributed by atoms with Gasteiger partial charge in [0.1, 0.15) is 0 Å². The minimum atomic E-state index is 0.412. The lowest BCUT2D eigenvalue weighted by Crippen LogP contribution is -2.19. The van der Waals surface area contributed by atoms with Crippen molar-refractivity contribution in [2.75, 3.05) is 10.6 Å². The molecule has 158 valence electrons. The van der Waals surface area contributed by atoms with Crippen molar-refractivity contribution in [2.45, 2.75) is 13.1 Å². The minimum Gasteiger partial charge on any atom is -0.330 e. The van der Waals surface area contributed by atoms with E-state index in [2.05, 4.69) is 36.8 Å². The molecule has 0 aliphatic carbocycles. The van der Waals surface area contributed by atoms with E-state index in [0.29, 0.717) is 34.1 Å². The molecule has 10 heteroatoms. The first kappa shape index (κ1) is 21.8. The summed E-state index contributed by atoms with van der Waals surface area (Å²) in [5, 5.41) is 17.0. The lowest BCUT2D eigenvalue weighted by atomic mass is 10.2. The van der Waals surface area contributed by atoms with Crippen molar-refractivity contribution in [1.29, 1.82) is 0 Å². The van der Waals surface area contributed by atoms with Crippen LogP contribution in [0.1, 0.15) is 11.1 Å². The molecule has 0 aliphatic rings. The van der Waals surface area contributed by atoms with Gasteiger partial charge in [0.2, 0.25) is 0 Å². The van der Waals surface area contributed by atoms with E-state index in [1.54, 1.807) is 10.9 Å². The number of thiocarbonyl (C=S) groups is 1. The fraction of sp³-hybridized carbons (Fsp3) is 0.0952. The normalized spacial score (nSPS) is 10.8. The molecule has 0 unspecified atom stereocenters. The summed E-state index contributed by atoms with van der Waals surface area (Å²) in [4.78, 5) is 0. The van der Waals surface area contributed by atoms with Crippen LogP contribution in [-0.4, -0.2) is 24.7 Å². The summed E-state index contributed by atoms with van der Waals surface area (Å²) >= 11 is 21.1. The van der Waals surface area contributed by atoms with Crippen LogP contribution < -0.4 is 10.6 Å². The van der Waals surface area contributed by atoms with Gasteiger partial charge in [0.25, 0.3) is 0 Å². The molecule has 0 saturated carbocycles. The van der Waals surface area contributed by atoms with Crippen LogP contribution in [0, 0.1) is 0 Å². The molecule has 0 saturated heterocycles. The molecular weight excluding hydrogens is 519 g/mol. The van der Waals surface area contributed by atoms with E-state index >= 15 is 0 Å². The van der Waals surface area contributed by atoms with Crippen LogP contribution in [0.25, 0.3) is 0 Å². The van der Waals surface area contributed by atoms with Gasteiger partial charge in [-0.3, -0.25) is 9.36 Å². The van der Waals surface area contributed by atoms with Crippen LogP contribution in [0.15, 0.2) is 71.6 Å². The summed E-state index contributed by atoms with van der Waals surface area (Å²) in [5.41, 5.74) is 2.87. The van der Waals surface area contributed by atoms with Gasteiger partial charge in [0, 0.05) is 22.4 Å². The van der Waals surface area contributed by atoms with Crippen LogP contribution in [0.2, 0.25) is 10.0 Å². The first-order valence-corrected chi connectivity index (χ1v) is 11.2. The highest BCUT2D eigenvalue weighted by molar-refractivity contribution is 9.10. The highest BCUT2D eigenvalue weighted by Crippen LogP contribution is 2.23. The number of nitrogens with zero attached hydrogens (tertiary/aromatic N) is 4. The second-order valence-electron chi connectivity index (χ2n) is 6.75. The lowest BCUT2D eigenvalue weighted by molar-refractivity contribution is 0.687. The molecule has 31 heavy (non-hydrogen) atoms. The van der Waals surface area contributed by atoms with Gasteiger partial charge in [0.05, 0.1) is 29.4 Å². The quantitative estimate of drug-likeness (QED) is 0.294. The molecule has 2 N–H and O–H groups in total. The molecule has 2 aromatic heterocycles. The molecule has 2 heterocycles. The van der Waals surface area contributed by atoms with Gasteiger partial charge < -0.3 is 10.6 Å². The predicted molar refractivity (Wildman–Crippen MR) is 133 cm³/mol. The zero-order valence-electron chi connectivity index (χ0n) is 16.1. The maximum Gasteiger partial charge on any atom is 0.176 e. The Bertz CT molecular complexity index is 1200. The molecule has 4 aromatic rings. The third-order valence-electron chi connectivity index (χ3n) is 4.39. The second-order valence-corrected chi connectivity index (χ2v) is 8.85. The van der Waals surface area contributed by atoms with E-state index < -0.39 is 0 Å². The number of anilines is 2. The number of nitrogens with one attached hydrogen (secondary N) is 2. The molecule has 2 aromatic carbocycles. The van der Waals surface area contributed by atoms with Crippen molar-refractivity contribution >= 4 is 68.0 Å². The number of halogens is 3. The Morgan fingerprint density at radius 2 is 1.74 bits per heavy atom. The van der Waals surface area contributed by atoms with E-state index in [0.717, 1.165) is 21.3 Å². The number of hydrogen-bond acceptors (Lipinski definition) is 3. The lowest BCUT2D eigenvalue weighted by Gasteiger charge is -2.07. The van der Waals surface area contributed by atoms with Crippen molar-refractivity contribution in [1.82, 2.24) is 19.6 Å². The molecule has 0 spiro atoms. The SMILES string of the molecule is S=C(Nc1cnn(Cc2ccc(Cl)cc2)c1)Nc1nn(Cc2ccccc2Cl)cc1Br. The molecule has 0 atom stereocenters. The largest absolute Gasteiger partial charge is 0.330 e. The maximum absolute atomic E-state index is 6.24. The Labute approximate surface area is 203 Å². The minimum absolute atomic E-state index is 0.412. The molecule has 0 bridgehead atoms.